The van der Waals surface area contributed by atoms with E-state index in [0.717, 1.165) is 45.1 Å². The molecule has 0 saturated carbocycles. The van der Waals surface area contributed by atoms with Crippen LogP contribution in [0.15, 0.2) is 109 Å². The molecule has 2 atom stereocenters. The number of rotatable bonds is 8. The molecule has 1 unspecified atom stereocenters. The van der Waals surface area contributed by atoms with Gasteiger partial charge in [0.2, 0.25) is 0 Å². The van der Waals surface area contributed by atoms with Crippen LogP contribution in [-0.2, 0) is 27.2 Å². The molecule has 1 aliphatic rings. The summed E-state index contributed by atoms with van der Waals surface area (Å²) in [6.07, 6.45) is 0. The fourth-order valence-electron chi connectivity index (χ4n) is 7.76. The molecule has 0 aliphatic carbocycles. The lowest BCUT2D eigenvalue weighted by Crippen LogP contribution is -2.38. The molecule has 6 rings (SSSR count). The van der Waals surface area contributed by atoms with Crippen molar-refractivity contribution in [1.29, 1.82) is 0 Å². The van der Waals surface area contributed by atoms with Gasteiger partial charge in [-0.3, -0.25) is 0 Å². The maximum Gasteiger partial charge on any atom is 0.139 e. The van der Waals surface area contributed by atoms with Crippen molar-refractivity contribution in [3.05, 3.63) is 143 Å². The second kappa shape index (κ2) is 14.7. The van der Waals surface area contributed by atoms with Crippen molar-refractivity contribution in [1.82, 2.24) is 4.31 Å². The highest BCUT2D eigenvalue weighted by Gasteiger charge is 2.41. The van der Waals surface area contributed by atoms with Crippen molar-refractivity contribution >= 4 is 34.8 Å². The topological polar surface area (TPSA) is 38.8 Å². The summed E-state index contributed by atoms with van der Waals surface area (Å²) in [6.45, 7) is 24.2. The molecule has 0 aromatic heterocycles. The highest BCUT2D eigenvalue weighted by atomic mass is 32.2. The monoisotopic (exact) mass is 759 g/mol. The zero-order chi connectivity index (χ0) is 39.4. The molecule has 1 aliphatic heterocycles. The minimum Gasteiger partial charge on any atom is -0.496 e. The van der Waals surface area contributed by atoms with Gasteiger partial charge >= 0.3 is 0 Å². The molecular weight excluding hydrogens is 702 g/mol. The number of fused-ring (bicyclic) bond motifs is 2. The molecule has 6 heteroatoms. The van der Waals surface area contributed by atoms with Gasteiger partial charge in [-0.2, -0.15) is 0 Å². The standard InChI is InChI=1S/C48H58NO3PS/c1-45(2,3)38-30-32(31-39(43(38)51-13)46(4,5)6)41(49(12)54(50)47(7,8)9)35-26-20-27-36-42(35)52-44-37(48(36,10)11)28-21-29-40(44)53(33-22-16-14-17-23-33)34-24-18-15-19-25-34/h14-31,41H,1-13H3/t41-,54?/m0/s1. The van der Waals surface area contributed by atoms with Crippen LogP contribution >= 0.6 is 7.92 Å². The van der Waals surface area contributed by atoms with Crippen LogP contribution in [0.25, 0.3) is 0 Å². The van der Waals surface area contributed by atoms with E-state index in [1.165, 1.54) is 21.5 Å². The van der Waals surface area contributed by atoms with Gasteiger partial charge < -0.3 is 9.47 Å². The maximum absolute atomic E-state index is 14.6. The molecule has 0 amide bonds. The van der Waals surface area contributed by atoms with Crippen molar-refractivity contribution in [2.75, 3.05) is 14.2 Å². The van der Waals surface area contributed by atoms with E-state index in [4.69, 9.17) is 9.47 Å². The Labute approximate surface area is 328 Å². The van der Waals surface area contributed by atoms with Gasteiger partial charge in [-0.05, 0) is 67.8 Å². The van der Waals surface area contributed by atoms with Crippen LogP contribution in [-0.4, -0.2) is 27.4 Å². The van der Waals surface area contributed by atoms with Crippen molar-refractivity contribution in [2.24, 2.45) is 0 Å². The van der Waals surface area contributed by atoms with Gasteiger partial charge in [0, 0.05) is 45.6 Å². The number of hydrogen-bond donors (Lipinski definition) is 0. The summed E-state index contributed by atoms with van der Waals surface area (Å²) in [6, 6.07) is 39.0. The summed E-state index contributed by atoms with van der Waals surface area (Å²) in [7, 11) is 1.48. The number of hydrogen-bond acceptors (Lipinski definition) is 3. The SMILES string of the molecule is COc1c(C(C)(C)C)cc([C@@H](c2cccc3c2Oc2c(P(c4ccccc4)c4ccccc4)cccc2C3(C)C)N(C)S(=O)C(C)(C)C)cc1C(C)(C)C. The molecule has 1 heterocycles. The molecule has 4 nitrogen and oxygen atoms in total. The fraction of sp³-hybridized carbons (Fsp3) is 0.375. The molecule has 0 spiro atoms. The fourth-order valence-corrected chi connectivity index (χ4v) is 11.5. The van der Waals surface area contributed by atoms with Crippen molar-refractivity contribution in [3.8, 4) is 17.2 Å². The minimum absolute atomic E-state index is 0.206. The zero-order valence-corrected chi connectivity index (χ0v) is 36.2. The molecule has 284 valence electrons. The summed E-state index contributed by atoms with van der Waals surface area (Å²) in [5, 5.41) is 3.73. The van der Waals surface area contributed by atoms with Gasteiger partial charge in [-0.25, -0.2) is 8.51 Å². The Bertz CT molecular complexity index is 2080. The van der Waals surface area contributed by atoms with Gasteiger partial charge in [0.1, 0.15) is 28.2 Å². The quantitative estimate of drug-likeness (QED) is 0.148. The van der Waals surface area contributed by atoms with E-state index >= 15 is 0 Å². The average Bonchev–Trinajstić information content (AvgIpc) is 3.11. The smallest absolute Gasteiger partial charge is 0.139 e. The molecule has 0 radical (unpaired) electrons. The van der Waals surface area contributed by atoms with Gasteiger partial charge in [0.05, 0.1) is 17.9 Å². The number of ether oxygens (including phenoxy) is 2. The van der Waals surface area contributed by atoms with Crippen LogP contribution < -0.4 is 25.4 Å². The first kappa shape index (κ1) is 39.9. The Morgan fingerprint density at radius 2 is 1.17 bits per heavy atom. The summed E-state index contributed by atoms with van der Waals surface area (Å²) in [5.41, 5.74) is 5.82. The van der Waals surface area contributed by atoms with Crippen LogP contribution in [0, 0.1) is 0 Å². The lowest BCUT2D eigenvalue weighted by molar-refractivity contribution is 0.376. The normalized spacial score (nSPS) is 15.3. The summed E-state index contributed by atoms with van der Waals surface area (Å²) in [4.78, 5) is 0. The van der Waals surface area contributed by atoms with E-state index in [1.807, 2.05) is 27.8 Å². The Kier molecular flexibility index (Phi) is 10.9. The van der Waals surface area contributed by atoms with E-state index in [2.05, 4.69) is 169 Å². The van der Waals surface area contributed by atoms with Crippen molar-refractivity contribution in [3.63, 3.8) is 0 Å². The first-order valence-corrected chi connectivity index (χ1v) is 21.4. The van der Waals surface area contributed by atoms with Gasteiger partial charge in [0.15, 0.2) is 0 Å². The molecule has 54 heavy (non-hydrogen) atoms. The number of benzene rings is 5. The maximum atomic E-state index is 14.6. The summed E-state index contributed by atoms with van der Waals surface area (Å²) in [5.74, 6) is 2.67. The van der Waals surface area contributed by atoms with Crippen LogP contribution in [0.3, 0.4) is 0 Å². The molecule has 0 saturated heterocycles. The zero-order valence-electron chi connectivity index (χ0n) is 34.5. The van der Waals surface area contributed by atoms with E-state index in [1.54, 1.807) is 7.11 Å². The average molecular weight is 760 g/mol. The molecule has 0 bridgehead atoms. The number of nitrogens with zero attached hydrogens (tertiary/aromatic N) is 1. The van der Waals surface area contributed by atoms with Crippen LogP contribution in [0.2, 0.25) is 0 Å². The van der Waals surface area contributed by atoms with Gasteiger partial charge in [-0.1, -0.05) is 152 Å². The highest BCUT2D eigenvalue weighted by molar-refractivity contribution is 7.84. The van der Waals surface area contributed by atoms with Gasteiger partial charge in [-0.15, -0.1) is 0 Å². The Hall–Kier alpha value is -3.76. The number of methoxy groups -OCH3 is 1. The second-order valence-electron chi connectivity index (χ2n) is 18.1. The van der Waals surface area contributed by atoms with E-state index in [-0.39, 0.29) is 22.3 Å². The van der Waals surface area contributed by atoms with E-state index in [0.29, 0.717) is 0 Å². The summed E-state index contributed by atoms with van der Waals surface area (Å²) >= 11 is 0. The van der Waals surface area contributed by atoms with E-state index < -0.39 is 23.7 Å². The first-order valence-electron chi connectivity index (χ1n) is 19.0. The van der Waals surface area contributed by atoms with Crippen molar-refractivity contribution in [2.45, 2.75) is 103 Å². The number of para-hydroxylation sites is 2. The first-order chi connectivity index (χ1) is 25.3. The van der Waals surface area contributed by atoms with Crippen LogP contribution in [0.5, 0.6) is 17.2 Å². The highest BCUT2D eigenvalue weighted by Crippen LogP contribution is 2.54. The van der Waals surface area contributed by atoms with E-state index in [9.17, 15) is 4.21 Å². The van der Waals surface area contributed by atoms with Crippen LogP contribution in [0.1, 0.15) is 116 Å². The molecule has 5 aromatic carbocycles. The third kappa shape index (κ3) is 7.45. The molecule has 0 fully saturated rings. The predicted octanol–water partition coefficient (Wildman–Crippen LogP) is 11.0. The Balaban J connectivity index is 1.65. The molecular formula is C48H58NO3PS. The predicted molar refractivity (Wildman–Crippen MR) is 232 cm³/mol. The molecule has 0 N–H and O–H groups in total. The third-order valence-electron chi connectivity index (χ3n) is 10.6. The second-order valence-corrected chi connectivity index (χ2v) is 22.6. The minimum atomic E-state index is -1.35. The third-order valence-corrected chi connectivity index (χ3v) is 14.8. The largest absolute Gasteiger partial charge is 0.496 e. The van der Waals surface area contributed by atoms with Crippen LogP contribution in [0.4, 0.5) is 0 Å². The lowest BCUT2D eigenvalue weighted by atomic mass is 9.74. The molecule has 5 aromatic rings. The van der Waals surface area contributed by atoms with Gasteiger partial charge in [0.25, 0.3) is 0 Å². The van der Waals surface area contributed by atoms with Crippen molar-refractivity contribution < 1.29 is 13.7 Å². The summed E-state index contributed by atoms with van der Waals surface area (Å²) < 4.78 is 29.7. The Morgan fingerprint density at radius 3 is 1.63 bits per heavy atom. The lowest BCUT2D eigenvalue weighted by Gasteiger charge is -2.40. The Morgan fingerprint density at radius 1 is 0.685 bits per heavy atom.